The zero-order chi connectivity index (χ0) is 16.1. The summed E-state index contributed by atoms with van der Waals surface area (Å²) < 4.78 is 11.5. The minimum atomic E-state index is 0.321. The van der Waals surface area contributed by atoms with Crippen molar-refractivity contribution in [3.8, 4) is 5.75 Å². The standard InChI is InChI=1S/C18H24N2O2S/c1-13-8-9-14(2)16(10-13)21-11-17-19-20-18(22-17)23-12-15-6-4-3-5-7-15/h8-10,15H,3-7,11-12H2,1-2H3. The van der Waals surface area contributed by atoms with Crippen LogP contribution in [0.4, 0.5) is 0 Å². The average molecular weight is 332 g/mol. The van der Waals surface area contributed by atoms with Gasteiger partial charge in [0, 0.05) is 5.75 Å². The summed E-state index contributed by atoms with van der Waals surface area (Å²) in [7, 11) is 0. The van der Waals surface area contributed by atoms with Gasteiger partial charge in [-0.25, -0.2) is 0 Å². The average Bonchev–Trinajstić information content (AvgIpc) is 3.03. The molecule has 1 aliphatic rings. The Morgan fingerprint density at radius 2 is 2.00 bits per heavy atom. The first-order valence-electron chi connectivity index (χ1n) is 8.36. The van der Waals surface area contributed by atoms with Crippen LogP contribution in [0.5, 0.6) is 5.75 Å². The molecule has 1 heterocycles. The molecule has 1 aliphatic carbocycles. The summed E-state index contributed by atoms with van der Waals surface area (Å²) in [5.74, 6) is 3.30. The normalized spacial score (nSPS) is 15.7. The molecule has 2 aromatic rings. The quantitative estimate of drug-likeness (QED) is 0.701. The van der Waals surface area contributed by atoms with E-state index in [1.807, 2.05) is 13.0 Å². The van der Waals surface area contributed by atoms with Crippen LogP contribution in [-0.2, 0) is 6.61 Å². The van der Waals surface area contributed by atoms with Crippen molar-refractivity contribution in [2.75, 3.05) is 5.75 Å². The van der Waals surface area contributed by atoms with Gasteiger partial charge in [0.25, 0.3) is 11.1 Å². The van der Waals surface area contributed by atoms with E-state index in [1.165, 1.54) is 37.7 Å². The van der Waals surface area contributed by atoms with Gasteiger partial charge in [-0.1, -0.05) is 43.2 Å². The van der Waals surface area contributed by atoms with Gasteiger partial charge in [-0.05, 0) is 49.8 Å². The summed E-state index contributed by atoms with van der Waals surface area (Å²) in [4.78, 5) is 0. The van der Waals surface area contributed by atoms with Gasteiger partial charge in [0.15, 0.2) is 6.61 Å². The molecule has 0 unspecified atom stereocenters. The van der Waals surface area contributed by atoms with Crippen LogP contribution in [0.2, 0.25) is 0 Å². The van der Waals surface area contributed by atoms with Gasteiger partial charge >= 0.3 is 0 Å². The molecule has 5 heteroatoms. The molecule has 0 saturated heterocycles. The molecule has 1 aromatic carbocycles. The van der Waals surface area contributed by atoms with E-state index in [4.69, 9.17) is 9.15 Å². The molecule has 124 valence electrons. The molecule has 0 bridgehead atoms. The fraction of sp³-hybridized carbons (Fsp3) is 0.556. The Bertz CT molecular complexity index is 636. The third kappa shape index (κ3) is 4.74. The topological polar surface area (TPSA) is 48.2 Å². The van der Waals surface area contributed by atoms with Crippen LogP contribution < -0.4 is 4.74 Å². The lowest BCUT2D eigenvalue weighted by molar-refractivity contribution is 0.250. The molecule has 1 fully saturated rings. The Hall–Kier alpha value is -1.49. The second-order valence-electron chi connectivity index (χ2n) is 6.33. The first-order valence-corrected chi connectivity index (χ1v) is 9.34. The van der Waals surface area contributed by atoms with Crippen LogP contribution in [0, 0.1) is 19.8 Å². The van der Waals surface area contributed by atoms with Crippen molar-refractivity contribution in [3.05, 3.63) is 35.2 Å². The Morgan fingerprint density at radius 1 is 1.17 bits per heavy atom. The van der Waals surface area contributed by atoms with Crippen molar-refractivity contribution in [1.82, 2.24) is 10.2 Å². The third-order valence-electron chi connectivity index (χ3n) is 4.31. The smallest absolute Gasteiger partial charge is 0.276 e. The minimum Gasteiger partial charge on any atom is -0.484 e. The summed E-state index contributed by atoms with van der Waals surface area (Å²) in [6, 6.07) is 6.17. The predicted octanol–water partition coefficient (Wildman–Crippen LogP) is 4.94. The number of rotatable bonds is 6. The molecule has 0 N–H and O–H groups in total. The highest BCUT2D eigenvalue weighted by Gasteiger charge is 2.16. The molecule has 1 saturated carbocycles. The van der Waals surface area contributed by atoms with Gasteiger partial charge in [-0.3, -0.25) is 0 Å². The maximum Gasteiger partial charge on any atom is 0.276 e. The highest BCUT2D eigenvalue weighted by molar-refractivity contribution is 7.99. The Kier molecular flexibility index (Phi) is 5.60. The number of thioether (sulfide) groups is 1. The summed E-state index contributed by atoms with van der Waals surface area (Å²) in [5.41, 5.74) is 2.29. The van der Waals surface area contributed by atoms with Gasteiger partial charge in [0.2, 0.25) is 0 Å². The monoisotopic (exact) mass is 332 g/mol. The minimum absolute atomic E-state index is 0.321. The lowest BCUT2D eigenvalue weighted by Gasteiger charge is -2.19. The SMILES string of the molecule is Cc1ccc(C)c(OCc2nnc(SCC3CCCCC3)o2)c1. The molecule has 0 amide bonds. The van der Waals surface area contributed by atoms with E-state index in [2.05, 4.69) is 29.3 Å². The molecule has 3 rings (SSSR count). The van der Waals surface area contributed by atoms with Crippen molar-refractivity contribution in [3.63, 3.8) is 0 Å². The second-order valence-corrected chi connectivity index (χ2v) is 7.31. The number of hydrogen-bond donors (Lipinski definition) is 0. The number of aromatic nitrogens is 2. The number of benzene rings is 1. The van der Waals surface area contributed by atoms with Crippen molar-refractivity contribution >= 4 is 11.8 Å². The fourth-order valence-electron chi connectivity index (χ4n) is 2.90. The Morgan fingerprint density at radius 3 is 2.83 bits per heavy atom. The Balaban J connectivity index is 1.49. The molecule has 4 nitrogen and oxygen atoms in total. The fourth-order valence-corrected chi connectivity index (χ4v) is 3.87. The second kappa shape index (κ2) is 7.86. The van der Waals surface area contributed by atoms with Crippen molar-refractivity contribution in [1.29, 1.82) is 0 Å². The van der Waals surface area contributed by atoms with Crippen molar-refractivity contribution < 1.29 is 9.15 Å². The van der Waals surface area contributed by atoms with Crippen molar-refractivity contribution in [2.24, 2.45) is 5.92 Å². The summed E-state index contributed by atoms with van der Waals surface area (Å²) in [6.07, 6.45) is 6.79. The zero-order valence-corrected chi connectivity index (χ0v) is 14.7. The van der Waals surface area contributed by atoms with E-state index in [1.54, 1.807) is 11.8 Å². The lowest BCUT2D eigenvalue weighted by Crippen LogP contribution is -2.08. The molecule has 0 aliphatic heterocycles. The van der Waals surface area contributed by atoms with Crippen LogP contribution in [0.15, 0.2) is 27.8 Å². The number of hydrogen-bond acceptors (Lipinski definition) is 5. The first kappa shape index (κ1) is 16.4. The maximum atomic E-state index is 5.81. The van der Waals surface area contributed by atoms with Crippen LogP contribution in [0.1, 0.15) is 49.1 Å². The zero-order valence-electron chi connectivity index (χ0n) is 13.9. The molecular formula is C18H24N2O2S. The van der Waals surface area contributed by atoms with Gasteiger partial charge in [-0.2, -0.15) is 0 Å². The summed E-state index contributed by atoms with van der Waals surface area (Å²) in [6.45, 7) is 4.41. The first-order chi connectivity index (χ1) is 11.2. The number of nitrogens with zero attached hydrogens (tertiary/aromatic N) is 2. The summed E-state index contributed by atoms with van der Waals surface area (Å²) >= 11 is 1.68. The van der Waals surface area contributed by atoms with Gasteiger partial charge in [-0.15, -0.1) is 10.2 Å². The van der Waals surface area contributed by atoms with E-state index in [-0.39, 0.29) is 0 Å². The van der Waals surface area contributed by atoms with Crippen LogP contribution in [-0.4, -0.2) is 16.0 Å². The van der Waals surface area contributed by atoms with Crippen molar-refractivity contribution in [2.45, 2.75) is 57.8 Å². The van der Waals surface area contributed by atoms with Gasteiger partial charge < -0.3 is 9.15 Å². The van der Waals surface area contributed by atoms with Crippen LogP contribution >= 0.6 is 11.8 Å². The molecule has 0 radical (unpaired) electrons. The predicted molar refractivity (Wildman–Crippen MR) is 91.8 cm³/mol. The van der Waals surface area contributed by atoms with E-state index < -0.39 is 0 Å². The van der Waals surface area contributed by atoms with Gasteiger partial charge in [0.1, 0.15) is 5.75 Å². The Labute approximate surface area is 142 Å². The molecular weight excluding hydrogens is 308 g/mol. The highest BCUT2D eigenvalue weighted by atomic mass is 32.2. The highest BCUT2D eigenvalue weighted by Crippen LogP contribution is 2.29. The van der Waals surface area contributed by atoms with E-state index >= 15 is 0 Å². The van der Waals surface area contributed by atoms with E-state index in [0.717, 1.165) is 23.0 Å². The van der Waals surface area contributed by atoms with Crippen LogP contribution in [0.3, 0.4) is 0 Å². The number of aryl methyl sites for hydroxylation is 2. The van der Waals surface area contributed by atoms with E-state index in [0.29, 0.717) is 17.7 Å². The van der Waals surface area contributed by atoms with Crippen LogP contribution in [0.25, 0.3) is 0 Å². The lowest BCUT2D eigenvalue weighted by atomic mass is 9.91. The molecule has 0 atom stereocenters. The third-order valence-corrected chi connectivity index (χ3v) is 5.36. The largest absolute Gasteiger partial charge is 0.484 e. The summed E-state index contributed by atoms with van der Waals surface area (Å²) in [5, 5.41) is 8.87. The molecule has 1 aromatic heterocycles. The van der Waals surface area contributed by atoms with E-state index in [9.17, 15) is 0 Å². The molecule has 0 spiro atoms. The van der Waals surface area contributed by atoms with Gasteiger partial charge in [0.05, 0.1) is 0 Å². The molecule has 23 heavy (non-hydrogen) atoms. The number of ether oxygens (including phenoxy) is 1. The maximum absolute atomic E-state index is 5.81.